The van der Waals surface area contributed by atoms with Gasteiger partial charge in [-0.1, -0.05) is 13.0 Å². The molecule has 2 rings (SSSR count). The molecule has 0 radical (unpaired) electrons. The van der Waals surface area contributed by atoms with Gasteiger partial charge in [0.05, 0.1) is 4.92 Å². The van der Waals surface area contributed by atoms with Gasteiger partial charge >= 0.3 is 5.69 Å². The number of nitrogens with one attached hydrogen (secondary N) is 2. The molecule has 0 bridgehead atoms. The molecule has 2 aromatic rings. The zero-order chi connectivity index (χ0) is 14.5. The van der Waals surface area contributed by atoms with Crippen LogP contribution in [0.5, 0.6) is 11.6 Å². The fourth-order valence-corrected chi connectivity index (χ4v) is 1.75. The molecular weight excluding hydrogens is 260 g/mol. The number of anilines is 1. The van der Waals surface area contributed by atoms with Gasteiger partial charge in [0, 0.05) is 18.3 Å². The molecule has 0 amide bonds. The first kappa shape index (κ1) is 13.9. The fourth-order valence-electron chi connectivity index (χ4n) is 1.75. The van der Waals surface area contributed by atoms with Crippen molar-refractivity contribution in [1.82, 2.24) is 10.2 Å². The monoisotopic (exact) mass is 276 g/mol. The molecule has 0 spiro atoms. The Bertz CT molecular complexity index is 609. The molecule has 0 fully saturated rings. The van der Waals surface area contributed by atoms with Crippen LogP contribution in [-0.2, 0) is 0 Å². The molecular formula is C13H16N4O3. The molecule has 7 nitrogen and oxygen atoms in total. The Hall–Kier alpha value is -2.57. The van der Waals surface area contributed by atoms with Crippen LogP contribution in [0.4, 0.5) is 11.4 Å². The molecule has 0 saturated heterocycles. The quantitative estimate of drug-likeness (QED) is 0.624. The van der Waals surface area contributed by atoms with Crippen molar-refractivity contribution in [2.24, 2.45) is 0 Å². The van der Waals surface area contributed by atoms with Gasteiger partial charge in [-0.3, -0.25) is 15.2 Å². The number of rotatable bonds is 6. The van der Waals surface area contributed by atoms with Crippen LogP contribution in [-0.4, -0.2) is 21.7 Å². The Morgan fingerprint density at radius 2 is 2.30 bits per heavy atom. The summed E-state index contributed by atoms with van der Waals surface area (Å²) in [4.78, 5) is 10.8. The molecule has 0 unspecified atom stereocenters. The number of aromatic nitrogens is 2. The maximum absolute atomic E-state index is 11.3. The highest BCUT2D eigenvalue weighted by Crippen LogP contribution is 2.37. The number of aromatic amines is 1. The minimum Gasteiger partial charge on any atom is -0.430 e. The second-order valence-corrected chi connectivity index (χ2v) is 4.33. The zero-order valence-corrected chi connectivity index (χ0v) is 11.3. The summed E-state index contributed by atoms with van der Waals surface area (Å²) in [5.74, 6) is 0.473. The average molecular weight is 276 g/mol. The highest BCUT2D eigenvalue weighted by molar-refractivity contribution is 5.68. The largest absolute Gasteiger partial charge is 0.430 e. The lowest BCUT2D eigenvalue weighted by Gasteiger charge is -2.09. The van der Waals surface area contributed by atoms with E-state index in [1.54, 1.807) is 24.3 Å². The van der Waals surface area contributed by atoms with Gasteiger partial charge in [0.2, 0.25) is 11.6 Å². The van der Waals surface area contributed by atoms with Gasteiger partial charge < -0.3 is 10.1 Å². The van der Waals surface area contributed by atoms with Crippen LogP contribution in [0.25, 0.3) is 0 Å². The van der Waals surface area contributed by atoms with Crippen molar-refractivity contribution in [2.75, 3.05) is 11.9 Å². The fraction of sp³-hybridized carbons (Fsp3) is 0.308. The predicted molar refractivity (Wildman–Crippen MR) is 75.3 cm³/mol. The van der Waals surface area contributed by atoms with Crippen molar-refractivity contribution in [3.63, 3.8) is 0 Å². The van der Waals surface area contributed by atoms with Crippen LogP contribution in [0, 0.1) is 17.0 Å². The molecule has 20 heavy (non-hydrogen) atoms. The maximum atomic E-state index is 11.3. The minimum atomic E-state index is -0.452. The molecule has 106 valence electrons. The first-order chi connectivity index (χ1) is 9.61. The maximum Gasteiger partial charge on any atom is 0.334 e. The summed E-state index contributed by atoms with van der Waals surface area (Å²) in [6.45, 7) is 4.48. The van der Waals surface area contributed by atoms with Crippen LogP contribution in [0.15, 0.2) is 24.3 Å². The smallest absolute Gasteiger partial charge is 0.334 e. The van der Waals surface area contributed by atoms with Gasteiger partial charge in [-0.2, -0.15) is 0 Å². The first-order valence-corrected chi connectivity index (χ1v) is 6.33. The number of H-pyrrole nitrogens is 1. The van der Waals surface area contributed by atoms with Gasteiger partial charge in [0.15, 0.2) is 0 Å². The number of ether oxygens (including phenoxy) is 1. The molecule has 0 saturated carbocycles. The van der Waals surface area contributed by atoms with Crippen molar-refractivity contribution in [2.45, 2.75) is 20.3 Å². The number of nitro benzene ring substituents is 1. The molecule has 7 heteroatoms. The molecule has 1 heterocycles. The number of hydrogen-bond donors (Lipinski definition) is 2. The van der Waals surface area contributed by atoms with E-state index in [9.17, 15) is 10.1 Å². The zero-order valence-electron chi connectivity index (χ0n) is 11.3. The van der Waals surface area contributed by atoms with Gasteiger partial charge in [0.25, 0.3) is 0 Å². The average Bonchev–Trinajstić information content (AvgIpc) is 2.81. The molecule has 1 aromatic carbocycles. The van der Waals surface area contributed by atoms with Crippen molar-refractivity contribution in [3.8, 4) is 11.6 Å². The highest BCUT2D eigenvalue weighted by Gasteiger charge is 2.21. The third-order valence-corrected chi connectivity index (χ3v) is 2.64. The summed E-state index contributed by atoms with van der Waals surface area (Å²) >= 11 is 0. The van der Waals surface area contributed by atoms with E-state index in [1.165, 1.54) is 0 Å². The first-order valence-electron chi connectivity index (χ1n) is 6.33. The normalized spacial score (nSPS) is 10.3. The van der Waals surface area contributed by atoms with Crippen LogP contribution in [0.1, 0.15) is 19.0 Å². The van der Waals surface area contributed by atoms with E-state index in [2.05, 4.69) is 15.5 Å². The van der Waals surface area contributed by atoms with Crippen molar-refractivity contribution in [3.05, 3.63) is 40.1 Å². The van der Waals surface area contributed by atoms with E-state index in [0.29, 0.717) is 18.1 Å². The second-order valence-electron chi connectivity index (χ2n) is 4.33. The highest BCUT2D eigenvalue weighted by atomic mass is 16.6. The van der Waals surface area contributed by atoms with E-state index in [0.717, 1.165) is 12.1 Å². The van der Waals surface area contributed by atoms with E-state index < -0.39 is 4.92 Å². The number of nitro groups is 1. The molecule has 0 aliphatic carbocycles. The van der Waals surface area contributed by atoms with Crippen LogP contribution < -0.4 is 10.1 Å². The van der Waals surface area contributed by atoms with Gasteiger partial charge in [-0.15, -0.1) is 5.10 Å². The number of para-hydroxylation sites is 1. The van der Waals surface area contributed by atoms with Gasteiger partial charge in [-0.05, 0) is 25.5 Å². The molecule has 0 atom stereocenters. The number of nitrogens with zero attached hydrogens (tertiary/aromatic N) is 2. The summed E-state index contributed by atoms with van der Waals surface area (Å²) in [6, 6.07) is 6.60. The second kappa shape index (κ2) is 6.05. The Balaban J connectivity index is 2.33. The number of benzene rings is 1. The van der Waals surface area contributed by atoms with E-state index in [-0.39, 0.29) is 11.4 Å². The Labute approximate surface area is 116 Å². The van der Waals surface area contributed by atoms with Crippen molar-refractivity contribution < 1.29 is 9.66 Å². The Morgan fingerprint density at radius 3 is 2.90 bits per heavy atom. The lowest BCUT2D eigenvalue weighted by molar-refractivity contribution is -0.384. The predicted octanol–water partition coefficient (Wildman–Crippen LogP) is 3.24. The molecule has 0 aliphatic rings. The van der Waals surface area contributed by atoms with Crippen LogP contribution >= 0.6 is 0 Å². The van der Waals surface area contributed by atoms with Gasteiger partial charge in [-0.25, -0.2) is 0 Å². The van der Waals surface area contributed by atoms with Crippen molar-refractivity contribution >= 4 is 11.4 Å². The van der Waals surface area contributed by atoms with Crippen LogP contribution in [0.3, 0.4) is 0 Å². The molecule has 1 aromatic heterocycles. The lowest BCUT2D eigenvalue weighted by Crippen LogP contribution is -2.04. The summed E-state index contributed by atoms with van der Waals surface area (Å²) in [7, 11) is 0. The lowest BCUT2D eigenvalue weighted by atomic mass is 10.2. The van der Waals surface area contributed by atoms with Crippen LogP contribution in [0.2, 0.25) is 0 Å². The summed E-state index contributed by atoms with van der Waals surface area (Å²) in [5, 5.41) is 20.9. The molecule has 0 aliphatic heterocycles. The summed E-state index contributed by atoms with van der Waals surface area (Å²) in [6.07, 6.45) is 0.876. The summed E-state index contributed by atoms with van der Waals surface area (Å²) < 4.78 is 5.49. The third kappa shape index (κ3) is 3.05. The Morgan fingerprint density at radius 1 is 1.50 bits per heavy atom. The third-order valence-electron chi connectivity index (χ3n) is 2.64. The Kier molecular flexibility index (Phi) is 4.19. The number of hydrogen-bond acceptors (Lipinski definition) is 5. The van der Waals surface area contributed by atoms with Gasteiger partial charge in [0.1, 0.15) is 5.69 Å². The SMILES string of the molecule is CCCNc1cccc(Oc2cc(C)[nH]n2)c1[N+](=O)[O-]. The van der Waals surface area contributed by atoms with E-state index in [4.69, 9.17) is 4.74 Å². The van der Waals surface area contributed by atoms with E-state index >= 15 is 0 Å². The standard InChI is InChI=1S/C13H16N4O3/c1-3-7-14-10-5-4-6-11(13(10)17(18)19)20-12-8-9(2)15-16-12/h4-6,8,14H,3,7H2,1-2H3,(H,15,16). The minimum absolute atomic E-state index is 0.0818. The van der Waals surface area contributed by atoms with Crippen molar-refractivity contribution in [1.29, 1.82) is 0 Å². The number of aryl methyl sites for hydroxylation is 1. The topological polar surface area (TPSA) is 93.1 Å². The summed E-state index contributed by atoms with van der Waals surface area (Å²) in [5.41, 5.74) is 1.19. The van der Waals surface area contributed by atoms with E-state index in [1.807, 2.05) is 13.8 Å². The molecule has 2 N–H and O–H groups in total.